The molecule has 0 unspecified atom stereocenters. The molecule has 0 radical (unpaired) electrons. The Labute approximate surface area is 194 Å². The van der Waals surface area contributed by atoms with E-state index >= 15 is 0 Å². The van der Waals surface area contributed by atoms with Crippen molar-refractivity contribution >= 4 is 38.8 Å². The fraction of sp³-hybridized carbons (Fsp3) is 0.304. The van der Waals surface area contributed by atoms with Gasteiger partial charge in [-0.15, -0.1) is 0 Å². The Morgan fingerprint density at radius 1 is 0.879 bits per heavy atom. The Morgan fingerprint density at radius 2 is 1.48 bits per heavy atom. The van der Waals surface area contributed by atoms with E-state index in [9.17, 15) is 8.42 Å². The largest absolute Gasteiger partial charge is 0.497 e. The summed E-state index contributed by atoms with van der Waals surface area (Å²) < 4.78 is 28.7. The van der Waals surface area contributed by atoms with Gasteiger partial charge in [-0.3, -0.25) is 0 Å². The van der Waals surface area contributed by atoms with Crippen molar-refractivity contribution in [3.8, 4) is 5.75 Å². The Balaban J connectivity index is 1.61. The number of benzene rings is 2. The molecule has 0 bridgehead atoms. The summed E-state index contributed by atoms with van der Waals surface area (Å²) in [5.41, 5.74) is 1.58. The van der Waals surface area contributed by atoms with Crippen molar-refractivity contribution in [2.75, 3.05) is 62.1 Å². The predicted octanol–water partition coefficient (Wildman–Crippen LogP) is 3.13. The third-order valence-electron chi connectivity index (χ3n) is 5.44. The van der Waals surface area contributed by atoms with Gasteiger partial charge in [-0.05, 0) is 55.6 Å². The van der Waals surface area contributed by atoms with E-state index < -0.39 is 9.84 Å². The molecule has 3 aromatic rings. The number of nitrogens with zero attached hydrogens (tertiary/aromatic N) is 4. The molecule has 0 amide bonds. The van der Waals surface area contributed by atoms with Gasteiger partial charge in [0.25, 0.3) is 0 Å². The standard InChI is InChI=1S/C23H28N6O3S/c1-28-12-14-29(15-13-28)22-16-21(24-17-6-10-20(11-7-17)33(3,30)31)26-23(27-22)25-18-4-8-19(32-2)9-5-18/h4-11,16H,12-15H2,1-3H3,(H2,24,25,26,27). The molecule has 0 atom stereocenters. The molecule has 1 aliphatic rings. The third-order valence-corrected chi connectivity index (χ3v) is 6.57. The molecule has 2 N–H and O–H groups in total. The van der Waals surface area contributed by atoms with Gasteiger partial charge in [0, 0.05) is 49.9 Å². The molecule has 1 aromatic heterocycles. The van der Waals surface area contributed by atoms with Gasteiger partial charge in [0.1, 0.15) is 17.4 Å². The number of ether oxygens (including phenoxy) is 1. The summed E-state index contributed by atoms with van der Waals surface area (Å²) >= 11 is 0. The molecule has 0 aliphatic carbocycles. The summed E-state index contributed by atoms with van der Waals surface area (Å²) in [7, 11) is 0.495. The topological polar surface area (TPSA) is 99.7 Å². The van der Waals surface area contributed by atoms with Crippen LogP contribution >= 0.6 is 0 Å². The number of hydrogen-bond donors (Lipinski definition) is 2. The van der Waals surface area contributed by atoms with Crippen molar-refractivity contribution in [1.82, 2.24) is 14.9 Å². The molecule has 1 saturated heterocycles. The highest BCUT2D eigenvalue weighted by Gasteiger charge is 2.17. The number of rotatable bonds is 7. The van der Waals surface area contributed by atoms with Gasteiger partial charge in [0.05, 0.1) is 12.0 Å². The second-order valence-electron chi connectivity index (χ2n) is 8.00. The average molecular weight is 469 g/mol. The number of likely N-dealkylation sites (N-methyl/N-ethyl adjacent to an activating group) is 1. The van der Waals surface area contributed by atoms with Gasteiger partial charge in [-0.1, -0.05) is 0 Å². The van der Waals surface area contributed by atoms with Gasteiger partial charge in [0.2, 0.25) is 5.95 Å². The summed E-state index contributed by atoms with van der Waals surface area (Å²) in [5, 5.41) is 6.54. The molecule has 2 aromatic carbocycles. The molecule has 1 aliphatic heterocycles. The lowest BCUT2D eigenvalue weighted by Crippen LogP contribution is -2.44. The highest BCUT2D eigenvalue weighted by atomic mass is 32.2. The van der Waals surface area contributed by atoms with Gasteiger partial charge >= 0.3 is 0 Å². The minimum Gasteiger partial charge on any atom is -0.497 e. The molecule has 4 rings (SSSR count). The van der Waals surface area contributed by atoms with Crippen LogP contribution in [0.5, 0.6) is 5.75 Å². The van der Waals surface area contributed by atoms with Crippen LogP contribution < -0.4 is 20.3 Å². The zero-order valence-electron chi connectivity index (χ0n) is 18.9. The Kier molecular flexibility index (Phi) is 6.66. The highest BCUT2D eigenvalue weighted by molar-refractivity contribution is 7.90. The van der Waals surface area contributed by atoms with Gasteiger partial charge < -0.3 is 25.2 Å². The van der Waals surface area contributed by atoms with E-state index in [0.717, 1.165) is 49.1 Å². The van der Waals surface area contributed by atoms with E-state index in [1.165, 1.54) is 6.26 Å². The van der Waals surface area contributed by atoms with Crippen LogP contribution in [0.25, 0.3) is 0 Å². The molecule has 0 saturated carbocycles. The van der Waals surface area contributed by atoms with Crippen molar-refractivity contribution in [3.05, 3.63) is 54.6 Å². The van der Waals surface area contributed by atoms with Crippen LogP contribution in [-0.4, -0.2) is 69.9 Å². The minimum atomic E-state index is -3.25. The van der Waals surface area contributed by atoms with Crippen molar-refractivity contribution in [3.63, 3.8) is 0 Å². The first-order valence-electron chi connectivity index (χ1n) is 10.6. The average Bonchev–Trinajstić information content (AvgIpc) is 2.80. The van der Waals surface area contributed by atoms with E-state index in [2.05, 4.69) is 32.5 Å². The Bertz CT molecular complexity index is 1190. The van der Waals surface area contributed by atoms with Crippen molar-refractivity contribution in [2.45, 2.75) is 4.90 Å². The number of anilines is 5. The van der Waals surface area contributed by atoms with Crippen LogP contribution in [0.4, 0.5) is 29.0 Å². The molecule has 9 nitrogen and oxygen atoms in total. The Hall–Kier alpha value is -3.37. The Morgan fingerprint density at radius 3 is 2.09 bits per heavy atom. The van der Waals surface area contributed by atoms with Crippen molar-refractivity contribution in [1.29, 1.82) is 0 Å². The van der Waals surface area contributed by atoms with E-state index in [-0.39, 0.29) is 4.90 Å². The quantitative estimate of drug-likeness (QED) is 0.542. The third kappa shape index (κ3) is 5.91. The molecule has 0 spiro atoms. The predicted molar refractivity (Wildman–Crippen MR) is 131 cm³/mol. The lowest BCUT2D eigenvalue weighted by Gasteiger charge is -2.33. The molecular weight excluding hydrogens is 440 g/mol. The van der Waals surface area contributed by atoms with Crippen LogP contribution in [0, 0.1) is 0 Å². The maximum absolute atomic E-state index is 11.7. The number of sulfone groups is 1. The summed E-state index contributed by atoms with van der Waals surface area (Å²) in [5.74, 6) is 2.67. The molecule has 174 valence electrons. The smallest absolute Gasteiger partial charge is 0.231 e. The molecular formula is C23H28N6O3S. The van der Waals surface area contributed by atoms with Gasteiger partial charge in [-0.2, -0.15) is 9.97 Å². The van der Waals surface area contributed by atoms with E-state index in [4.69, 9.17) is 9.72 Å². The van der Waals surface area contributed by atoms with E-state index in [1.54, 1.807) is 31.4 Å². The number of hydrogen-bond acceptors (Lipinski definition) is 9. The first-order chi connectivity index (χ1) is 15.8. The van der Waals surface area contributed by atoms with Crippen LogP contribution in [0.3, 0.4) is 0 Å². The molecule has 2 heterocycles. The summed E-state index contributed by atoms with van der Waals surface area (Å²) in [6, 6.07) is 16.1. The second kappa shape index (κ2) is 9.63. The first-order valence-corrected chi connectivity index (χ1v) is 12.5. The van der Waals surface area contributed by atoms with Crippen molar-refractivity contribution in [2.24, 2.45) is 0 Å². The lowest BCUT2D eigenvalue weighted by molar-refractivity contribution is 0.312. The van der Waals surface area contributed by atoms with Crippen LogP contribution in [0.15, 0.2) is 59.5 Å². The number of aromatic nitrogens is 2. The number of piperazine rings is 1. The maximum atomic E-state index is 11.7. The fourth-order valence-corrected chi connectivity index (χ4v) is 4.12. The van der Waals surface area contributed by atoms with Crippen LogP contribution in [0.2, 0.25) is 0 Å². The molecule has 10 heteroatoms. The lowest BCUT2D eigenvalue weighted by atomic mass is 10.3. The summed E-state index contributed by atoms with van der Waals surface area (Å²) in [4.78, 5) is 14.2. The van der Waals surface area contributed by atoms with E-state index in [0.29, 0.717) is 11.8 Å². The van der Waals surface area contributed by atoms with Crippen molar-refractivity contribution < 1.29 is 13.2 Å². The zero-order chi connectivity index (χ0) is 23.4. The monoisotopic (exact) mass is 468 g/mol. The first kappa shape index (κ1) is 22.8. The number of methoxy groups -OCH3 is 1. The molecule has 33 heavy (non-hydrogen) atoms. The molecule has 1 fully saturated rings. The van der Waals surface area contributed by atoms with Crippen LogP contribution in [-0.2, 0) is 9.84 Å². The normalized spacial score (nSPS) is 14.7. The summed E-state index contributed by atoms with van der Waals surface area (Å²) in [6.07, 6.45) is 1.19. The van der Waals surface area contributed by atoms with Gasteiger partial charge in [0.15, 0.2) is 9.84 Å². The van der Waals surface area contributed by atoms with E-state index in [1.807, 2.05) is 30.3 Å². The minimum absolute atomic E-state index is 0.274. The second-order valence-corrected chi connectivity index (χ2v) is 10.0. The number of nitrogens with one attached hydrogen (secondary N) is 2. The summed E-state index contributed by atoms with van der Waals surface area (Å²) in [6.45, 7) is 3.66. The van der Waals surface area contributed by atoms with Crippen LogP contribution in [0.1, 0.15) is 0 Å². The maximum Gasteiger partial charge on any atom is 0.231 e. The SMILES string of the molecule is COc1ccc(Nc2nc(Nc3ccc(S(C)(=O)=O)cc3)cc(N3CCN(C)CC3)n2)cc1. The highest BCUT2D eigenvalue weighted by Crippen LogP contribution is 2.25. The zero-order valence-corrected chi connectivity index (χ0v) is 19.8. The van der Waals surface area contributed by atoms with Gasteiger partial charge in [-0.25, -0.2) is 8.42 Å². The fourth-order valence-electron chi connectivity index (χ4n) is 3.49.